The highest BCUT2D eigenvalue weighted by atomic mass is 31.0. The van der Waals surface area contributed by atoms with Gasteiger partial charge in [0.1, 0.15) is 18.8 Å². The van der Waals surface area contributed by atoms with Gasteiger partial charge < -0.3 is 28.2 Å². The number of rotatable bonds is 9. The molecule has 0 aromatic carbocycles. The summed E-state index contributed by atoms with van der Waals surface area (Å²) in [5.74, 6) is -1.66. The molecule has 1 aliphatic rings. The molecule has 6 atom stereocenters. The van der Waals surface area contributed by atoms with Crippen molar-refractivity contribution in [2.45, 2.75) is 71.2 Å². The molecule has 0 saturated carbocycles. The fourth-order valence-corrected chi connectivity index (χ4v) is 2.75. The largest absolute Gasteiger partial charge is 0.463 e. The van der Waals surface area contributed by atoms with Crippen LogP contribution in [0.25, 0.3) is 0 Å². The van der Waals surface area contributed by atoms with Gasteiger partial charge in [-0.3, -0.25) is 14.4 Å². The zero-order chi connectivity index (χ0) is 19.7. The van der Waals surface area contributed by atoms with Gasteiger partial charge in [0.25, 0.3) is 0 Å². The molecule has 0 bridgehead atoms. The SMILES string of the molecule is CCCCO[C@H]1[C@H](OC(C)=O)[C@H](OC(C)=O)[C@@H](OP)O[C@@H]1COC(C)=O. The maximum Gasteiger partial charge on any atom is 0.303 e. The second-order valence-electron chi connectivity index (χ2n) is 5.82. The van der Waals surface area contributed by atoms with Crippen LogP contribution < -0.4 is 0 Å². The average Bonchev–Trinajstić information content (AvgIpc) is 2.55. The third-order valence-electron chi connectivity index (χ3n) is 3.59. The van der Waals surface area contributed by atoms with Crippen molar-refractivity contribution in [1.29, 1.82) is 0 Å². The van der Waals surface area contributed by atoms with E-state index in [1.165, 1.54) is 20.8 Å². The van der Waals surface area contributed by atoms with E-state index in [9.17, 15) is 14.4 Å². The van der Waals surface area contributed by atoms with Gasteiger partial charge in [0, 0.05) is 36.8 Å². The standard InChI is InChI=1S/C16H27O9P/c1-5-6-7-20-13-12(8-21-9(2)17)24-16(25-26)15(23-11(4)19)14(13)22-10(3)18/h12-16H,5-8,26H2,1-4H3/t12-,13-,14+,15+,16-/m1/s1. The van der Waals surface area contributed by atoms with Gasteiger partial charge in [-0.2, -0.15) is 0 Å². The van der Waals surface area contributed by atoms with E-state index in [1.54, 1.807) is 0 Å². The van der Waals surface area contributed by atoms with Crippen molar-refractivity contribution in [3.05, 3.63) is 0 Å². The number of hydrogen-bond donors (Lipinski definition) is 0. The van der Waals surface area contributed by atoms with Crippen LogP contribution >= 0.6 is 9.47 Å². The van der Waals surface area contributed by atoms with Crippen LogP contribution in [0.15, 0.2) is 0 Å². The van der Waals surface area contributed by atoms with Crippen LogP contribution in [0, 0.1) is 0 Å². The molecule has 1 unspecified atom stereocenters. The van der Waals surface area contributed by atoms with Crippen molar-refractivity contribution < 1.29 is 42.6 Å². The Bertz CT molecular complexity index is 484. The predicted octanol–water partition coefficient (Wildman–Crippen LogP) is 1.13. The van der Waals surface area contributed by atoms with Crippen LogP contribution in [-0.4, -0.2) is 61.8 Å². The van der Waals surface area contributed by atoms with E-state index >= 15 is 0 Å². The summed E-state index contributed by atoms with van der Waals surface area (Å²) in [6.45, 7) is 5.98. The van der Waals surface area contributed by atoms with Gasteiger partial charge in [0.05, 0.1) is 0 Å². The highest BCUT2D eigenvalue weighted by molar-refractivity contribution is 7.09. The van der Waals surface area contributed by atoms with Crippen molar-refractivity contribution in [1.82, 2.24) is 0 Å². The highest BCUT2D eigenvalue weighted by Gasteiger charge is 2.51. The van der Waals surface area contributed by atoms with Gasteiger partial charge in [0.2, 0.25) is 6.29 Å². The molecule has 1 heterocycles. The predicted molar refractivity (Wildman–Crippen MR) is 91.8 cm³/mol. The van der Waals surface area contributed by atoms with Gasteiger partial charge in [-0.15, -0.1) is 0 Å². The third-order valence-corrected chi connectivity index (χ3v) is 3.86. The molecule has 0 spiro atoms. The molecule has 0 radical (unpaired) electrons. The van der Waals surface area contributed by atoms with Crippen LogP contribution in [0.4, 0.5) is 0 Å². The zero-order valence-electron chi connectivity index (χ0n) is 15.5. The third kappa shape index (κ3) is 7.15. The van der Waals surface area contributed by atoms with Crippen molar-refractivity contribution >= 4 is 27.4 Å². The van der Waals surface area contributed by atoms with E-state index in [0.29, 0.717) is 6.61 Å². The van der Waals surface area contributed by atoms with Crippen molar-refractivity contribution in [2.75, 3.05) is 13.2 Å². The van der Waals surface area contributed by atoms with E-state index in [1.807, 2.05) is 16.4 Å². The summed E-state index contributed by atoms with van der Waals surface area (Å²) in [4.78, 5) is 34.2. The van der Waals surface area contributed by atoms with E-state index in [-0.39, 0.29) is 6.61 Å². The number of hydrogen-bond acceptors (Lipinski definition) is 9. The molecule has 0 N–H and O–H groups in total. The summed E-state index contributed by atoms with van der Waals surface area (Å²) >= 11 is 0. The first-order valence-corrected chi connectivity index (χ1v) is 8.87. The highest BCUT2D eigenvalue weighted by Crippen LogP contribution is 2.30. The zero-order valence-corrected chi connectivity index (χ0v) is 16.6. The molecule has 1 aliphatic heterocycles. The maximum absolute atomic E-state index is 11.6. The smallest absolute Gasteiger partial charge is 0.303 e. The van der Waals surface area contributed by atoms with Gasteiger partial charge in [-0.25, -0.2) is 0 Å². The molecule has 1 saturated heterocycles. The molecule has 0 aromatic heterocycles. The minimum Gasteiger partial charge on any atom is -0.463 e. The molecule has 0 aromatic rings. The summed E-state index contributed by atoms with van der Waals surface area (Å²) in [6, 6.07) is 0. The summed E-state index contributed by atoms with van der Waals surface area (Å²) in [5, 5.41) is 0. The van der Waals surface area contributed by atoms with Crippen LogP contribution in [0.1, 0.15) is 40.5 Å². The minimum atomic E-state index is -1.04. The topological polar surface area (TPSA) is 107 Å². The molecule has 9 nitrogen and oxygen atoms in total. The second-order valence-corrected chi connectivity index (χ2v) is 6.09. The van der Waals surface area contributed by atoms with Crippen molar-refractivity contribution in [3.63, 3.8) is 0 Å². The first-order valence-electron chi connectivity index (χ1n) is 8.40. The number of unbranched alkanes of at least 4 members (excludes halogenated alkanes) is 1. The lowest BCUT2D eigenvalue weighted by molar-refractivity contribution is -0.290. The van der Waals surface area contributed by atoms with E-state index < -0.39 is 48.6 Å². The average molecular weight is 394 g/mol. The van der Waals surface area contributed by atoms with Gasteiger partial charge in [-0.05, 0) is 6.42 Å². The Morgan fingerprint density at radius 3 is 2.08 bits per heavy atom. The summed E-state index contributed by atoms with van der Waals surface area (Å²) in [7, 11) is 2.01. The van der Waals surface area contributed by atoms with Crippen molar-refractivity contribution in [2.24, 2.45) is 0 Å². The Morgan fingerprint density at radius 1 is 0.962 bits per heavy atom. The molecular weight excluding hydrogens is 367 g/mol. The summed E-state index contributed by atoms with van der Waals surface area (Å²) in [5.41, 5.74) is 0. The number of carbonyl (C=O) groups is 3. The Labute approximate surface area is 155 Å². The van der Waals surface area contributed by atoms with Crippen molar-refractivity contribution in [3.8, 4) is 0 Å². The van der Waals surface area contributed by atoms with E-state index in [0.717, 1.165) is 12.8 Å². The van der Waals surface area contributed by atoms with Crippen LogP contribution in [-0.2, 0) is 42.6 Å². The molecule has 10 heteroatoms. The number of esters is 3. The van der Waals surface area contributed by atoms with Gasteiger partial charge >= 0.3 is 17.9 Å². The monoisotopic (exact) mass is 394 g/mol. The van der Waals surface area contributed by atoms with E-state index in [2.05, 4.69) is 0 Å². The Hall–Kier alpha value is -1.28. The first-order chi connectivity index (χ1) is 12.3. The number of ether oxygens (including phenoxy) is 5. The first kappa shape index (κ1) is 22.8. The number of carbonyl (C=O) groups excluding carboxylic acids is 3. The quantitative estimate of drug-likeness (QED) is 0.246. The normalized spacial score (nSPS) is 28.3. The molecule has 1 fully saturated rings. The Balaban J connectivity index is 3.10. The molecule has 1 rings (SSSR count). The lowest BCUT2D eigenvalue weighted by atomic mass is 9.98. The van der Waals surface area contributed by atoms with Crippen LogP contribution in [0.2, 0.25) is 0 Å². The lowest BCUT2D eigenvalue weighted by Crippen LogP contribution is -2.62. The van der Waals surface area contributed by atoms with Crippen LogP contribution in [0.3, 0.4) is 0 Å². The Morgan fingerprint density at radius 2 is 1.58 bits per heavy atom. The molecule has 0 aliphatic carbocycles. The fraction of sp³-hybridized carbons (Fsp3) is 0.812. The molecule has 0 amide bonds. The van der Waals surface area contributed by atoms with Gasteiger partial charge in [-0.1, -0.05) is 13.3 Å². The lowest BCUT2D eigenvalue weighted by Gasteiger charge is -2.44. The fourth-order valence-electron chi connectivity index (χ4n) is 2.53. The molecule has 26 heavy (non-hydrogen) atoms. The van der Waals surface area contributed by atoms with E-state index in [4.69, 9.17) is 28.2 Å². The molecular formula is C16H27O9P. The minimum absolute atomic E-state index is 0.124. The van der Waals surface area contributed by atoms with Crippen LogP contribution in [0.5, 0.6) is 0 Å². The maximum atomic E-state index is 11.6. The summed E-state index contributed by atoms with van der Waals surface area (Å²) < 4.78 is 32.4. The second kappa shape index (κ2) is 11.4. The Kier molecular flexibility index (Phi) is 10.0. The molecule has 150 valence electrons. The summed E-state index contributed by atoms with van der Waals surface area (Å²) in [6.07, 6.45) is -2.96. The van der Waals surface area contributed by atoms with Gasteiger partial charge in [0.15, 0.2) is 12.2 Å².